The van der Waals surface area contributed by atoms with Gasteiger partial charge in [-0.05, 0) is 56.6 Å². The Morgan fingerprint density at radius 1 is 1.27 bits per heavy atom. The molecule has 2 heterocycles. The Balaban J connectivity index is 1.54. The second-order valence-electron chi connectivity index (χ2n) is 11.3. The molecular formula is C30H42ClN5O4. The highest BCUT2D eigenvalue weighted by atomic mass is 35.5. The Labute approximate surface area is 242 Å². The summed E-state index contributed by atoms with van der Waals surface area (Å²) in [5, 5.41) is 16.5. The van der Waals surface area contributed by atoms with E-state index < -0.39 is 0 Å². The molecule has 2 aliphatic rings. The Bertz CT molecular complexity index is 1160. The number of likely N-dealkylation sites (N-methyl/N-ethyl adjacent to an activating group) is 1. The van der Waals surface area contributed by atoms with Gasteiger partial charge in [0.25, 0.3) is 0 Å². The molecule has 1 fully saturated rings. The van der Waals surface area contributed by atoms with E-state index in [-0.39, 0.29) is 49.1 Å². The zero-order chi connectivity index (χ0) is 28.6. The summed E-state index contributed by atoms with van der Waals surface area (Å²) in [4.78, 5) is 34.1. The van der Waals surface area contributed by atoms with Gasteiger partial charge in [0.05, 0.1) is 24.1 Å². The van der Waals surface area contributed by atoms with Gasteiger partial charge in [0.2, 0.25) is 5.91 Å². The maximum atomic E-state index is 13.5. The molecule has 1 unspecified atom stereocenters. The van der Waals surface area contributed by atoms with Crippen molar-refractivity contribution < 1.29 is 19.4 Å². The summed E-state index contributed by atoms with van der Waals surface area (Å²) < 4.78 is 6.60. The number of pyridine rings is 1. The van der Waals surface area contributed by atoms with Gasteiger partial charge in [0, 0.05) is 55.2 Å². The first-order chi connectivity index (χ1) is 19.2. The largest absolute Gasteiger partial charge is 0.488 e. The maximum absolute atomic E-state index is 13.5. The predicted octanol–water partition coefficient (Wildman–Crippen LogP) is 4.47. The van der Waals surface area contributed by atoms with E-state index in [9.17, 15) is 14.7 Å². The fraction of sp³-hybridized carbons (Fsp3) is 0.567. The normalized spacial score (nSPS) is 21.1. The van der Waals surface area contributed by atoms with E-state index in [0.717, 1.165) is 31.2 Å². The number of fused-ring (bicyclic) bond motifs is 1. The van der Waals surface area contributed by atoms with Crippen LogP contribution in [0.15, 0.2) is 36.7 Å². The summed E-state index contributed by atoms with van der Waals surface area (Å²) >= 11 is 6.34. The van der Waals surface area contributed by atoms with Gasteiger partial charge in [-0.3, -0.25) is 14.7 Å². The summed E-state index contributed by atoms with van der Waals surface area (Å²) in [5.74, 6) is 0.523. The van der Waals surface area contributed by atoms with E-state index >= 15 is 0 Å². The number of carbonyl (C=O) groups is 2. The summed E-state index contributed by atoms with van der Waals surface area (Å²) in [6.45, 7) is 5.47. The lowest BCUT2D eigenvalue weighted by Gasteiger charge is -2.34. The van der Waals surface area contributed by atoms with Gasteiger partial charge in [-0.25, -0.2) is 4.79 Å². The molecule has 1 aromatic heterocycles. The number of nitrogens with zero attached hydrogens (tertiary/aromatic N) is 3. The first-order valence-corrected chi connectivity index (χ1v) is 14.7. The molecule has 0 spiro atoms. The number of aliphatic hydroxyl groups excluding tert-OH is 1. The minimum absolute atomic E-state index is 0.0154. The number of aliphatic hydroxyl groups is 1. The van der Waals surface area contributed by atoms with Crippen LogP contribution in [0.25, 0.3) is 0 Å². The standard InChI is InChI=1S/C30H42ClN5O4/c1-20-16-36(21(2)19-37)29(38)14-23-13-25(34-30(39)33-24-7-5-4-6-8-24)9-10-27(23)40-28(20)18-35(3)17-22-11-12-32-15-26(22)31/h9-13,15,20-21,24,28,37H,4-8,14,16-19H2,1-3H3,(H2,33,34,39)/t20?,21-,28-/m0/s1. The van der Waals surface area contributed by atoms with Crippen LogP contribution < -0.4 is 15.4 Å². The molecule has 3 atom stereocenters. The molecule has 3 N–H and O–H groups in total. The number of amides is 3. The Morgan fingerprint density at radius 2 is 2.05 bits per heavy atom. The second-order valence-corrected chi connectivity index (χ2v) is 11.7. The zero-order valence-electron chi connectivity index (χ0n) is 23.7. The molecule has 0 saturated heterocycles. The highest BCUT2D eigenvalue weighted by molar-refractivity contribution is 6.31. The summed E-state index contributed by atoms with van der Waals surface area (Å²) in [5.41, 5.74) is 2.29. The van der Waals surface area contributed by atoms with Gasteiger partial charge >= 0.3 is 6.03 Å². The highest BCUT2D eigenvalue weighted by Gasteiger charge is 2.31. The van der Waals surface area contributed by atoms with Gasteiger partial charge in [0.15, 0.2) is 0 Å². The topological polar surface area (TPSA) is 107 Å². The van der Waals surface area contributed by atoms with Gasteiger partial charge in [-0.1, -0.05) is 37.8 Å². The summed E-state index contributed by atoms with van der Waals surface area (Å²) in [7, 11) is 2.01. The Kier molecular flexibility index (Phi) is 10.6. The molecule has 4 rings (SSSR count). The smallest absolute Gasteiger partial charge is 0.319 e. The van der Waals surface area contributed by atoms with Crippen LogP contribution in [-0.4, -0.2) is 76.8 Å². The van der Waals surface area contributed by atoms with Crippen molar-refractivity contribution in [3.8, 4) is 5.75 Å². The van der Waals surface area contributed by atoms with E-state index in [1.165, 1.54) is 6.42 Å². The van der Waals surface area contributed by atoms with Crippen molar-refractivity contribution in [3.05, 3.63) is 52.8 Å². The minimum atomic E-state index is -0.326. The molecule has 9 nitrogen and oxygen atoms in total. The molecule has 1 aliphatic heterocycles. The van der Waals surface area contributed by atoms with Crippen molar-refractivity contribution in [2.24, 2.45) is 5.92 Å². The van der Waals surface area contributed by atoms with Crippen LogP contribution >= 0.6 is 11.6 Å². The van der Waals surface area contributed by atoms with Crippen LogP contribution in [0.3, 0.4) is 0 Å². The van der Waals surface area contributed by atoms with Gasteiger partial charge in [-0.2, -0.15) is 0 Å². The minimum Gasteiger partial charge on any atom is -0.488 e. The molecule has 1 aromatic carbocycles. The average molecular weight is 572 g/mol. The second kappa shape index (κ2) is 14.1. The molecule has 10 heteroatoms. The van der Waals surface area contributed by atoms with Crippen molar-refractivity contribution in [3.63, 3.8) is 0 Å². The number of hydrogen-bond donors (Lipinski definition) is 3. The van der Waals surface area contributed by atoms with Crippen LogP contribution in [-0.2, 0) is 17.8 Å². The Hall–Kier alpha value is -2.88. The van der Waals surface area contributed by atoms with Crippen molar-refractivity contribution >= 4 is 29.2 Å². The molecule has 0 radical (unpaired) electrons. The number of rotatable bonds is 8. The molecule has 1 aliphatic carbocycles. The maximum Gasteiger partial charge on any atom is 0.319 e. The molecule has 2 aromatic rings. The van der Waals surface area contributed by atoms with Crippen molar-refractivity contribution in [2.75, 3.05) is 32.1 Å². The molecular weight excluding hydrogens is 530 g/mol. The first-order valence-electron chi connectivity index (χ1n) is 14.3. The molecule has 0 bridgehead atoms. The SMILES string of the molecule is CC1CN([C@@H](C)CO)C(=O)Cc2cc(NC(=O)NC3CCCCC3)ccc2O[C@H]1CN(C)Cc1ccncc1Cl. The number of nitrogens with one attached hydrogen (secondary N) is 2. The first kappa shape index (κ1) is 30.1. The van der Waals surface area contributed by atoms with Gasteiger partial charge < -0.3 is 25.4 Å². The number of halogens is 1. The lowest BCUT2D eigenvalue weighted by Crippen LogP contribution is -2.47. The molecule has 40 heavy (non-hydrogen) atoms. The number of aromatic nitrogens is 1. The van der Waals surface area contributed by atoms with Gasteiger partial charge in [-0.15, -0.1) is 0 Å². The van der Waals surface area contributed by atoms with Crippen LogP contribution in [0, 0.1) is 5.92 Å². The number of urea groups is 1. The predicted molar refractivity (Wildman–Crippen MR) is 157 cm³/mol. The number of ether oxygens (including phenoxy) is 1. The quantitative estimate of drug-likeness (QED) is 0.431. The lowest BCUT2D eigenvalue weighted by atomic mass is 9.96. The fourth-order valence-electron chi connectivity index (χ4n) is 5.52. The van der Waals surface area contributed by atoms with E-state index in [2.05, 4.69) is 27.4 Å². The number of benzene rings is 1. The third-order valence-corrected chi connectivity index (χ3v) is 8.24. The zero-order valence-corrected chi connectivity index (χ0v) is 24.5. The van der Waals surface area contributed by atoms with E-state index in [1.54, 1.807) is 17.3 Å². The molecule has 218 valence electrons. The van der Waals surface area contributed by atoms with E-state index in [1.807, 2.05) is 38.2 Å². The van der Waals surface area contributed by atoms with E-state index in [0.29, 0.717) is 41.7 Å². The highest BCUT2D eigenvalue weighted by Crippen LogP contribution is 2.30. The fourth-order valence-corrected chi connectivity index (χ4v) is 5.70. The molecule has 3 amide bonds. The van der Waals surface area contributed by atoms with Crippen molar-refractivity contribution in [1.29, 1.82) is 0 Å². The van der Waals surface area contributed by atoms with E-state index in [4.69, 9.17) is 16.3 Å². The number of anilines is 1. The van der Waals surface area contributed by atoms with Gasteiger partial charge in [0.1, 0.15) is 11.9 Å². The van der Waals surface area contributed by atoms with Crippen LogP contribution in [0.5, 0.6) is 5.75 Å². The molecule has 1 saturated carbocycles. The van der Waals surface area contributed by atoms with Crippen molar-refractivity contribution in [1.82, 2.24) is 20.1 Å². The van der Waals surface area contributed by atoms with Crippen LogP contribution in [0.4, 0.5) is 10.5 Å². The van der Waals surface area contributed by atoms with Crippen LogP contribution in [0.1, 0.15) is 57.1 Å². The van der Waals surface area contributed by atoms with Crippen molar-refractivity contribution in [2.45, 2.75) is 77.1 Å². The third-order valence-electron chi connectivity index (χ3n) is 7.90. The summed E-state index contributed by atoms with van der Waals surface area (Å²) in [6, 6.07) is 7.02. The van der Waals surface area contributed by atoms with Crippen LogP contribution in [0.2, 0.25) is 5.02 Å². The average Bonchev–Trinajstić information content (AvgIpc) is 2.97. The number of hydrogen-bond acceptors (Lipinski definition) is 6. The third kappa shape index (κ3) is 8.08. The number of carbonyl (C=O) groups excluding carboxylic acids is 2. The monoisotopic (exact) mass is 571 g/mol. The summed E-state index contributed by atoms with van der Waals surface area (Å²) in [6.07, 6.45) is 8.73. The Morgan fingerprint density at radius 3 is 2.77 bits per heavy atom. The lowest BCUT2D eigenvalue weighted by molar-refractivity contribution is -0.134.